The fourth-order valence-electron chi connectivity index (χ4n) is 0.681. The normalized spacial score (nSPS) is 9.30. The summed E-state index contributed by atoms with van der Waals surface area (Å²) in [6.45, 7) is 1.82. The smallest absolute Gasteiger partial charge is 0.142 e. The van der Waals surface area contributed by atoms with Crippen LogP contribution in [0.1, 0.15) is 11.3 Å². The van der Waals surface area contributed by atoms with Crippen LogP contribution in [0.4, 0.5) is 0 Å². The predicted molar refractivity (Wildman–Crippen MR) is 37.8 cm³/mol. The number of aromatic nitrogens is 2. The maximum Gasteiger partial charge on any atom is 0.142 e. The molecule has 0 atom stereocenters. The number of nitrogen functional groups attached to an aromatic ring is 1. The lowest BCUT2D eigenvalue weighted by molar-refractivity contribution is 1.10. The van der Waals surface area contributed by atoms with Crippen LogP contribution in [0.5, 0.6) is 0 Å². The summed E-state index contributed by atoms with van der Waals surface area (Å²) in [6, 6.07) is 0. The van der Waals surface area contributed by atoms with E-state index in [-0.39, 0.29) is 5.84 Å². The minimum Gasteiger partial charge on any atom is -0.382 e. The van der Waals surface area contributed by atoms with Crippen LogP contribution in [0.2, 0.25) is 0 Å². The molecule has 4 nitrogen and oxygen atoms in total. The van der Waals surface area contributed by atoms with Crippen LogP contribution in [0.15, 0.2) is 12.5 Å². The van der Waals surface area contributed by atoms with Crippen molar-refractivity contribution in [2.75, 3.05) is 0 Å². The fraction of sp³-hybridized carbons (Fsp3) is 0.167. The Hall–Kier alpha value is -1.45. The van der Waals surface area contributed by atoms with E-state index in [2.05, 4.69) is 9.97 Å². The molecule has 0 aliphatic rings. The van der Waals surface area contributed by atoms with Gasteiger partial charge in [0.2, 0.25) is 0 Å². The summed E-state index contributed by atoms with van der Waals surface area (Å²) in [5.74, 6) is -0.0140. The van der Waals surface area contributed by atoms with Crippen molar-refractivity contribution < 1.29 is 0 Å². The maximum atomic E-state index is 7.06. The first-order chi connectivity index (χ1) is 4.72. The Bertz CT molecular complexity index is 256. The first-order valence-corrected chi connectivity index (χ1v) is 2.83. The van der Waals surface area contributed by atoms with Crippen molar-refractivity contribution in [2.45, 2.75) is 6.92 Å². The molecule has 4 heteroatoms. The Morgan fingerprint density at radius 2 is 2.40 bits per heavy atom. The second-order valence-electron chi connectivity index (χ2n) is 1.97. The summed E-state index contributed by atoms with van der Waals surface area (Å²) in [5, 5.41) is 7.06. The molecular formula is C6H8N4. The maximum absolute atomic E-state index is 7.06. The second kappa shape index (κ2) is 2.43. The van der Waals surface area contributed by atoms with E-state index in [1.165, 1.54) is 6.33 Å². The molecule has 1 heterocycles. The molecule has 0 aliphatic carbocycles. The van der Waals surface area contributed by atoms with Crippen molar-refractivity contribution >= 4 is 5.84 Å². The molecule has 0 amide bonds. The van der Waals surface area contributed by atoms with Crippen LogP contribution < -0.4 is 5.73 Å². The predicted octanol–water partition coefficient (Wildman–Crippen LogP) is 0.0691. The number of hydrogen-bond donors (Lipinski definition) is 2. The summed E-state index contributed by atoms with van der Waals surface area (Å²) >= 11 is 0. The Balaban J connectivity index is 3.15. The zero-order valence-electron chi connectivity index (χ0n) is 5.63. The summed E-state index contributed by atoms with van der Waals surface area (Å²) in [6.07, 6.45) is 3.01. The first-order valence-electron chi connectivity index (χ1n) is 2.83. The number of nitrogens with two attached hydrogens (primary N) is 1. The molecular weight excluding hydrogens is 128 g/mol. The van der Waals surface area contributed by atoms with Crippen LogP contribution >= 0.6 is 0 Å². The molecule has 0 saturated carbocycles. The van der Waals surface area contributed by atoms with Crippen LogP contribution in [-0.4, -0.2) is 15.8 Å². The van der Waals surface area contributed by atoms with E-state index in [1.54, 1.807) is 6.20 Å². The SMILES string of the molecule is Cc1cncnc1C(=N)N. The van der Waals surface area contributed by atoms with E-state index in [0.717, 1.165) is 5.56 Å². The molecule has 1 aromatic heterocycles. The van der Waals surface area contributed by atoms with Gasteiger partial charge in [-0.05, 0) is 12.5 Å². The Morgan fingerprint density at radius 1 is 1.70 bits per heavy atom. The van der Waals surface area contributed by atoms with E-state index in [9.17, 15) is 0 Å². The summed E-state index contributed by atoms with van der Waals surface area (Å²) in [4.78, 5) is 7.58. The number of nitrogens with one attached hydrogen (secondary N) is 1. The molecule has 0 fully saturated rings. The highest BCUT2D eigenvalue weighted by Crippen LogP contribution is 1.98. The fourth-order valence-corrected chi connectivity index (χ4v) is 0.681. The molecule has 52 valence electrons. The van der Waals surface area contributed by atoms with Gasteiger partial charge in [-0.3, -0.25) is 5.41 Å². The van der Waals surface area contributed by atoms with Gasteiger partial charge in [-0.25, -0.2) is 9.97 Å². The molecule has 1 rings (SSSR count). The van der Waals surface area contributed by atoms with Gasteiger partial charge in [-0.2, -0.15) is 0 Å². The minimum atomic E-state index is -0.0140. The number of amidine groups is 1. The molecule has 0 aliphatic heterocycles. The quantitative estimate of drug-likeness (QED) is 0.423. The van der Waals surface area contributed by atoms with Gasteiger partial charge in [0.25, 0.3) is 0 Å². The van der Waals surface area contributed by atoms with Gasteiger partial charge < -0.3 is 5.73 Å². The van der Waals surface area contributed by atoms with Gasteiger partial charge in [-0.1, -0.05) is 0 Å². The van der Waals surface area contributed by atoms with Crippen molar-refractivity contribution in [2.24, 2.45) is 5.73 Å². The number of aryl methyl sites for hydroxylation is 1. The van der Waals surface area contributed by atoms with E-state index < -0.39 is 0 Å². The van der Waals surface area contributed by atoms with Gasteiger partial charge in [0.05, 0.1) is 0 Å². The van der Waals surface area contributed by atoms with Crippen LogP contribution in [-0.2, 0) is 0 Å². The van der Waals surface area contributed by atoms with Crippen molar-refractivity contribution in [3.63, 3.8) is 0 Å². The third-order valence-corrected chi connectivity index (χ3v) is 1.15. The van der Waals surface area contributed by atoms with Gasteiger partial charge in [0.1, 0.15) is 17.9 Å². The standard InChI is InChI=1S/C6H8N4/c1-4-2-9-3-10-5(4)6(7)8/h2-3H,1H3,(H3,7,8). The van der Waals surface area contributed by atoms with Crippen molar-refractivity contribution in [3.05, 3.63) is 23.8 Å². The van der Waals surface area contributed by atoms with Gasteiger partial charge in [0, 0.05) is 6.20 Å². The molecule has 0 bridgehead atoms. The lowest BCUT2D eigenvalue weighted by atomic mass is 10.2. The second-order valence-corrected chi connectivity index (χ2v) is 1.97. The third kappa shape index (κ3) is 1.10. The molecule has 0 saturated heterocycles. The van der Waals surface area contributed by atoms with Crippen LogP contribution in [0.3, 0.4) is 0 Å². The average Bonchev–Trinajstić information content (AvgIpc) is 1.88. The molecule has 10 heavy (non-hydrogen) atoms. The Labute approximate surface area is 58.6 Å². The number of nitrogens with zero attached hydrogens (tertiary/aromatic N) is 2. The third-order valence-electron chi connectivity index (χ3n) is 1.15. The molecule has 1 aromatic rings. The number of hydrogen-bond acceptors (Lipinski definition) is 3. The molecule has 0 aromatic carbocycles. The first kappa shape index (κ1) is 6.67. The highest BCUT2D eigenvalue weighted by molar-refractivity contribution is 5.94. The zero-order chi connectivity index (χ0) is 7.56. The molecule has 0 spiro atoms. The van der Waals surface area contributed by atoms with E-state index in [0.29, 0.717) is 5.69 Å². The highest BCUT2D eigenvalue weighted by Gasteiger charge is 1.99. The summed E-state index contributed by atoms with van der Waals surface area (Å²) in [5.41, 5.74) is 6.55. The Kier molecular flexibility index (Phi) is 1.62. The van der Waals surface area contributed by atoms with Gasteiger partial charge in [-0.15, -0.1) is 0 Å². The molecule has 0 radical (unpaired) electrons. The average molecular weight is 136 g/mol. The summed E-state index contributed by atoms with van der Waals surface area (Å²) < 4.78 is 0. The van der Waals surface area contributed by atoms with Crippen molar-refractivity contribution in [3.8, 4) is 0 Å². The lowest BCUT2D eigenvalue weighted by Crippen LogP contribution is -2.14. The van der Waals surface area contributed by atoms with Crippen molar-refractivity contribution in [1.82, 2.24) is 9.97 Å². The minimum absolute atomic E-state index is 0.0140. The van der Waals surface area contributed by atoms with Gasteiger partial charge >= 0.3 is 0 Å². The molecule has 3 N–H and O–H groups in total. The lowest BCUT2D eigenvalue weighted by Gasteiger charge is -1.98. The number of rotatable bonds is 1. The highest BCUT2D eigenvalue weighted by atomic mass is 14.9. The van der Waals surface area contributed by atoms with Crippen molar-refractivity contribution in [1.29, 1.82) is 5.41 Å². The van der Waals surface area contributed by atoms with Crippen LogP contribution in [0.25, 0.3) is 0 Å². The van der Waals surface area contributed by atoms with Crippen LogP contribution in [0, 0.1) is 12.3 Å². The largest absolute Gasteiger partial charge is 0.382 e. The summed E-state index contributed by atoms with van der Waals surface area (Å²) in [7, 11) is 0. The van der Waals surface area contributed by atoms with E-state index in [4.69, 9.17) is 11.1 Å². The zero-order valence-corrected chi connectivity index (χ0v) is 5.63. The molecule has 0 unspecified atom stereocenters. The topological polar surface area (TPSA) is 75.7 Å². The monoisotopic (exact) mass is 136 g/mol. The van der Waals surface area contributed by atoms with E-state index in [1.807, 2.05) is 6.92 Å². The van der Waals surface area contributed by atoms with E-state index >= 15 is 0 Å². The Morgan fingerprint density at radius 3 is 2.80 bits per heavy atom. The van der Waals surface area contributed by atoms with Gasteiger partial charge in [0.15, 0.2) is 0 Å².